The molecule has 0 atom stereocenters. The van der Waals surface area contributed by atoms with Crippen molar-refractivity contribution in [1.29, 1.82) is 0 Å². The molecule has 0 spiro atoms. The number of aromatic nitrogens is 1. The summed E-state index contributed by atoms with van der Waals surface area (Å²) in [7, 11) is 0. The largest absolute Gasteiger partial charge is 0.310 e. The summed E-state index contributed by atoms with van der Waals surface area (Å²) in [6.45, 7) is 6.86. The standard InChI is InChI=1S/C63H46N2/c1-62(2,3)44-29-32-48(33-30-44)64(57-36-28-43-26-25-41-15-14-16-42-27-35-52(57)61(43)60(41)42)49-34-38-59-54(40-49)53-39-46(31-37-58(53)65(59)47-19-8-5-9-20-47)63(45-17-6-4-7-18-45)55-23-12-10-21-50(55)51-22-11-13-24-56(51)63/h4-40H,1-3H3. The Morgan fingerprint density at radius 3 is 1.63 bits per heavy atom. The van der Waals surface area contributed by atoms with Crippen molar-refractivity contribution in [1.82, 2.24) is 4.57 Å². The highest BCUT2D eigenvalue weighted by atomic mass is 15.1. The normalized spacial score (nSPS) is 13.3. The number of rotatable bonds is 6. The molecule has 0 amide bonds. The van der Waals surface area contributed by atoms with E-state index < -0.39 is 5.41 Å². The molecule has 0 radical (unpaired) electrons. The van der Waals surface area contributed by atoms with Gasteiger partial charge in [0.2, 0.25) is 0 Å². The minimum atomic E-state index is -0.510. The number of nitrogens with zero attached hydrogens (tertiary/aromatic N) is 2. The zero-order chi connectivity index (χ0) is 43.4. The summed E-state index contributed by atoms with van der Waals surface area (Å²) in [5, 5.41) is 10.1. The van der Waals surface area contributed by atoms with Gasteiger partial charge in [-0.1, -0.05) is 185 Å². The van der Waals surface area contributed by atoms with Crippen molar-refractivity contribution in [3.63, 3.8) is 0 Å². The van der Waals surface area contributed by atoms with Gasteiger partial charge in [0.1, 0.15) is 0 Å². The third kappa shape index (κ3) is 5.47. The lowest BCUT2D eigenvalue weighted by Crippen LogP contribution is -2.28. The van der Waals surface area contributed by atoms with Crippen LogP contribution in [0.15, 0.2) is 224 Å². The molecule has 1 heterocycles. The fourth-order valence-corrected chi connectivity index (χ4v) is 11.4. The lowest BCUT2D eigenvalue weighted by Gasteiger charge is -2.34. The van der Waals surface area contributed by atoms with Gasteiger partial charge < -0.3 is 9.47 Å². The molecule has 308 valence electrons. The monoisotopic (exact) mass is 830 g/mol. The van der Waals surface area contributed by atoms with Gasteiger partial charge in [0, 0.05) is 33.2 Å². The van der Waals surface area contributed by atoms with Gasteiger partial charge in [0.05, 0.1) is 22.1 Å². The average molecular weight is 831 g/mol. The Balaban J connectivity index is 1.11. The highest BCUT2D eigenvalue weighted by Gasteiger charge is 2.46. The zero-order valence-corrected chi connectivity index (χ0v) is 36.8. The third-order valence-electron chi connectivity index (χ3n) is 14.4. The van der Waals surface area contributed by atoms with Crippen LogP contribution in [0.25, 0.3) is 70.9 Å². The first-order valence-electron chi connectivity index (χ1n) is 22.8. The molecule has 13 rings (SSSR count). The molecule has 1 aliphatic rings. The summed E-state index contributed by atoms with van der Waals surface area (Å²) in [6, 6.07) is 84.1. The molecule has 11 aromatic carbocycles. The summed E-state index contributed by atoms with van der Waals surface area (Å²) >= 11 is 0. The van der Waals surface area contributed by atoms with Crippen molar-refractivity contribution < 1.29 is 0 Å². The number of hydrogen-bond acceptors (Lipinski definition) is 1. The number of fused-ring (bicyclic) bond motifs is 6. The zero-order valence-electron chi connectivity index (χ0n) is 36.8. The van der Waals surface area contributed by atoms with E-state index in [0.717, 1.165) is 22.7 Å². The molecule has 0 aliphatic heterocycles. The Morgan fingerprint density at radius 1 is 0.400 bits per heavy atom. The molecular formula is C63H46N2. The topological polar surface area (TPSA) is 8.17 Å². The van der Waals surface area contributed by atoms with E-state index in [1.165, 1.54) is 93.1 Å². The van der Waals surface area contributed by atoms with Crippen molar-refractivity contribution in [2.24, 2.45) is 0 Å². The van der Waals surface area contributed by atoms with Gasteiger partial charge in [-0.25, -0.2) is 0 Å². The van der Waals surface area contributed by atoms with Crippen molar-refractivity contribution in [3.8, 4) is 16.8 Å². The summed E-state index contributed by atoms with van der Waals surface area (Å²) in [5.74, 6) is 0. The maximum atomic E-state index is 2.51. The Hall–Kier alpha value is -7.94. The Kier molecular flexibility index (Phi) is 8.12. The van der Waals surface area contributed by atoms with E-state index in [0.29, 0.717) is 0 Å². The fraction of sp³-hybridized carbons (Fsp3) is 0.0794. The molecule has 2 nitrogen and oxygen atoms in total. The van der Waals surface area contributed by atoms with Gasteiger partial charge in [-0.15, -0.1) is 0 Å². The lowest BCUT2D eigenvalue weighted by atomic mass is 9.67. The number of hydrogen-bond donors (Lipinski definition) is 0. The van der Waals surface area contributed by atoms with Crippen LogP contribution in [0, 0.1) is 0 Å². The molecule has 0 N–H and O–H groups in total. The number of anilines is 3. The minimum absolute atomic E-state index is 0.0314. The number of benzene rings is 11. The molecule has 1 aromatic heterocycles. The van der Waals surface area contributed by atoms with Crippen LogP contribution in [0.1, 0.15) is 48.6 Å². The Labute approximate surface area is 379 Å². The summed E-state index contributed by atoms with van der Waals surface area (Å²) in [5.41, 5.74) is 15.5. The highest BCUT2D eigenvalue weighted by Crippen LogP contribution is 2.57. The van der Waals surface area contributed by atoms with E-state index in [1.807, 2.05) is 0 Å². The van der Waals surface area contributed by atoms with Crippen LogP contribution < -0.4 is 4.90 Å². The number of para-hydroxylation sites is 1. The van der Waals surface area contributed by atoms with Crippen molar-refractivity contribution in [3.05, 3.63) is 252 Å². The molecule has 12 aromatic rings. The van der Waals surface area contributed by atoms with E-state index in [-0.39, 0.29) is 5.41 Å². The van der Waals surface area contributed by atoms with Crippen LogP contribution in [-0.2, 0) is 10.8 Å². The quantitative estimate of drug-likeness (QED) is 0.152. The summed E-state index contributed by atoms with van der Waals surface area (Å²) in [6.07, 6.45) is 0. The maximum absolute atomic E-state index is 2.51. The van der Waals surface area contributed by atoms with Crippen LogP contribution in [0.4, 0.5) is 17.1 Å². The van der Waals surface area contributed by atoms with E-state index >= 15 is 0 Å². The molecule has 1 aliphatic carbocycles. The van der Waals surface area contributed by atoms with Gasteiger partial charge in [0.15, 0.2) is 0 Å². The maximum Gasteiger partial charge on any atom is 0.0713 e. The lowest BCUT2D eigenvalue weighted by molar-refractivity contribution is 0.590. The van der Waals surface area contributed by atoms with Crippen LogP contribution in [0.5, 0.6) is 0 Å². The molecule has 0 saturated carbocycles. The second-order valence-electron chi connectivity index (χ2n) is 18.9. The van der Waals surface area contributed by atoms with Crippen LogP contribution in [-0.4, -0.2) is 4.57 Å². The van der Waals surface area contributed by atoms with E-state index in [1.54, 1.807) is 0 Å². The SMILES string of the molecule is CC(C)(C)c1ccc(N(c2ccc3c(c2)c2cc(C4(c5ccccc5)c5ccccc5-c5ccccc54)ccc2n3-c2ccccc2)c2ccc3ccc4cccc5ccc2c3c45)cc1. The van der Waals surface area contributed by atoms with Gasteiger partial charge >= 0.3 is 0 Å². The Morgan fingerprint density at radius 2 is 0.954 bits per heavy atom. The predicted molar refractivity (Wildman–Crippen MR) is 275 cm³/mol. The van der Waals surface area contributed by atoms with E-state index in [2.05, 4.69) is 255 Å². The average Bonchev–Trinajstić information content (AvgIpc) is 3.84. The molecule has 0 bridgehead atoms. The molecular weight excluding hydrogens is 785 g/mol. The second-order valence-corrected chi connectivity index (χ2v) is 18.9. The van der Waals surface area contributed by atoms with Gasteiger partial charge in [0.25, 0.3) is 0 Å². The van der Waals surface area contributed by atoms with Crippen molar-refractivity contribution >= 4 is 71.2 Å². The Bertz CT molecular complexity index is 3730. The van der Waals surface area contributed by atoms with E-state index in [9.17, 15) is 0 Å². The van der Waals surface area contributed by atoms with Crippen molar-refractivity contribution in [2.75, 3.05) is 4.90 Å². The molecule has 0 unspecified atom stereocenters. The summed E-state index contributed by atoms with van der Waals surface area (Å²) < 4.78 is 2.45. The van der Waals surface area contributed by atoms with Crippen LogP contribution in [0.3, 0.4) is 0 Å². The minimum Gasteiger partial charge on any atom is -0.310 e. The fourth-order valence-electron chi connectivity index (χ4n) is 11.4. The van der Waals surface area contributed by atoms with Crippen LogP contribution in [0.2, 0.25) is 0 Å². The van der Waals surface area contributed by atoms with Gasteiger partial charge in [-0.3, -0.25) is 0 Å². The molecule has 0 fully saturated rings. The predicted octanol–water partition coefficient (Wildman–Crippen LogP) is 16.8. The van der Waals surface area contributed by atoms with Gasteiger partial charge in [-0.2, -0.15) is 0 Å². The first-order valence-corrected chi connectivity index (χ1v) is 22.8. The molecule has 65 heavy (non-hydrogen) atoms. The van der Waals surface area contributed by atoms with E-state index in [4.69, 9.17) is 0 Å². The molecule has 2 heteroatoms. The van der Waals surface area contributed by atoms with Crippen molar-refractivity contribution in [2.45, 2.75) is 31.6 Å². The molecule has 0 saturated heterocycles. The summed E-state index contributed by atoms with van der Waals surface area (Å²) in [4.78, 5) is 2.49. The highest BCUT2D eigenvalue weighted by molar-refractivity contribution is 6.26. The second kappa shape index (κ2) is 14.0. The van der Waals surface area contributed by atoms with Crippen LogP contribution >= 0.6 is 0 Å². The third-order valence-corrected chi connectivity index (χ3v) is 14.4. The first-order chi connectivity index (χ1) is 31.9. The first kappa shape index (κ1) is 37.6. The van der Waals surface area contributed by atoms with Gasteiger partial charge in [-0.05, 0) is 132 Å². The smallest absolute Gasteiger partial charge is 0.0713 e.